The van der Waals surface area contributed by atoms with E-state index in [0.29, 0.717) is 12.8 Å². The Morgan fingerprint density at radius 1 is 1.04 bits per heavy atom. The van der Waals surface area contributed by atoms with Crippen molar-refractivity contribution in [3.05, 3.63) is 53.0 Å². The predicted octanol–water partition coefficient (Wildman–Crippen LogP) is 6.09. The van der Waals surface area contributed by atoms with Crippen molar-refractivity contribution >= 4 is 50.9 Å². The summed E-state index contributed by atoms with van der Waals surface area (Å²) in [5, 5.41) is 5.68. The van der Waals surface area contributed by atoms with Crippen LogP contribution in [-0.2, 0) is 9.59 Å². The summed E-state index contributed by atoms with van der Waals surface area (Å²) in [6.07, 6.45) is 3.12. The lowest BCUT2D eigenvalue weighted by atomic mass is 10.2. The molecule has 0 aliphatic heterocycles. The highest BCUT2D eigenvalue weighted by Gasteiger charge is 2.18. The van der Waals surface area contributed by atoms with Gasteiger partial charge in [0.15, 0.2) is 0 Å². The fourth-order valence-electron chi connectivity index (χ4n) is 2.45. The molecule has 2 rings (SSSR count). The molecule has 1 unspecified atom stereocenters. The molecule has 2 aromatic rings. The van der Waals surface area contributed by atoms with Crippen molar-refractivity contribution in [2.45, 2.75) is 49.7 Å². The van der Waals surface area contributed by atoms with E-state index in [0.717, 1.165) is 33.6 Å². The Kier molecular flexibility index (Phi) is 8.88. The number of benzene rings is 2. The monoisotopic (exact) mass is 448 g/mol. The fraction of sp³-hybridized carbons (Fsp3) is 0.333. The Hall–Kier alpha value is -1.79. The minimum atomic E-state index is -0.209. The SMILES string of the molecule is CCCCC(=O)Nc1cccc(SC(CC)C(=O)Nc2ccc(Br)cc2)c1. The van der Waals surface area contributed by atoms with E-state index in [-0.39, 0.29) is 17.1 Å². The zero-order valence-electron chi connectivity index (χ0n) is 15.6. The quantitative estimate of drug-likeness (QED) is 0.456. The molecule has 0 saturated heterocycles. The van der Waals surface area contributed by atoms with Gasteiger partial charge in [-0.25, -0.2) is 0 Å². The van der Waals surface area contributed by atoms with Gasteiger partial charge < -0.3 is 10.6 Å². The van der Waals surface area contributed by atoms with Crippen molar-refractivity contribution in [2.75, 3.05) is 10.6 Å². The van der Waals surface area contributed by atoms with E-state index >= 15 is 0 Å². The number of rotatable bonds is 9. The average Bonchev–Trinajstić information content (AvgIpc) is 2.66. The zero-order chi connectivity index (χ0) is 19.6. The van der Waals surface area contributed by atoms with Crippen LogP contribution in [-0.4, -0.2) is 17.1 Å². The minimum absolute atomic E-state index is 0.0257. The molecule has 1 atom stereocenters. The first kappa shape index (κ1) is 21.5. The van der Waals surface area contributed by atoms with E-state index in [1.165, 1.54) is 11.8 Å². The van der Waals surface area contributed by atoms with Crippen LogP contribution >= 0.6 is 27.7 Å². The van der Waals surface area contributed by atoms with Crippen LogP contribution in [0.15, 0.2) is 57.9 Å². The average molecular weight is 449 g/mol. The number of anilines is 2. The van der Waals surface area contributed by atoms with Crippen molar-refractivity contribution in [2.24, 2.45) is 0 Å². The highest BCUT2D eigenvalue weighted by molar-refractivity contribution is 9.10. The molecule has 0 aliphatic rings. The molecule has 0 aromatic heterocycles. The lowest BCUT2D eigenvalue weighted by Gasteiger charge is -2.15. The summed E-state index contributed by atoms with van der Waals surface area (Å²) in [6, 6.07) is 15.2. The molecule has 0 saturated carbocycles. The number of halogens is 1. The maximum Gasteiger partial charge on any atom is 0.237 e. The van der Waals surface area contributed by atoms with Crippen LogP contribution in [0.2, 0.25) is 0 Å². The van der Waals surface area contributed by atoms with Crippen LogP contribution in [0.25, 0.3) is 0 Å². The van der Waals surface area contributed by atoms with Crippen molar-refractivity contribution in [3.8, 4) is 0 Å². The van der Waals surface area contributed by atoms with Crippen LogP contribution in [0.5, 0.6) is 0 Å². The summed E-state index contributed by atoms with van der Waals surface area (Å²) in [7, 11) is 0. The maximum atomic E-state index is 12.6. The topological polar surface area (TPSA) is 58.2 Å². The van der Waals surface area contributed by atoms with E-state index in [1.54, 1.807) is 0 Å². The molecule has 0 heterocycles. The summed E-state index contributed by atoms with van der Waals surface area (Å²) in [6.45, 7) is 4.06. The third kappa shape index (κ3) is 7.39. The van der Waals surface area contributed by atoms with Gasteiger partial charge in [0.25, 0.3) is 0 Å². The Morgan fingerprint density at radius 2 is 1.78 bits per heavy atom. The molecule has 0 spiro atoms. The third-order valence-electron chi connectivity index (χ3n) is 3.93. The Bertz CT molecular complexity index is 765. The smallest absolute Gasteiger partial charge is 0.237 e. The first-order valence-corrected chi connectivity index (χ1v) is 10.8. The molecule has 2 aromatic carbocycles. The second-order valence-corrected chi connectivity index (χ2v) is 8.38. The van der Waals surface area contributed by atoms with Crippen LogP contribution < -0.4 is 10.6 Å². The first-order valence-electron chi connectivity index (χ1n) is 9.14. The lowest BCUT2D eigenvalue weighted by molar-refractivity contribution is -0.116. The largest absolute Gasteiger partial charge is 0.326 e. The predicted molar refractivity (Wildman–Crippen MR) is 117 cm³/mol. The van der Waals surface area contributed by atoms with Gasteiger partial charge in [0.1, 0.15) is 0 Å². The number of hydrogen-bond acceptors (Lipinski definition) is 3. The van der Waals surface area contributed by atoms with Crippen molar-refractivity contribution < 1.29 is 9.59 Å². The van der Waals surface area contributed by atoms with Gasteiger partial charge in [0.05, 0.1) is 5.25 Å². The molecule has 4 nitrogen and oxygen atoms in total. The number of thioether (sulfide) groups is 1. The van der Waals surface area contributed by atoms with Gasteiger partial charge in [-0.1, -0.05) is 42.3 Å². The second-order valence-electron chi connectivity index (χ2n) is 6.19. The molecule has 2 N–H and O–H groups in total. The van der Waals surface area contributed by atoms with E-state index in [4.69, 9.17) is 0 Å². The summed E-state index contributed by atoms with van der Waals surface area (Å²) < 4.78 is 0.972. The molecule has 0 aliphatic carbocycles. The number of amides is 2. The molecule has 27 heavy (non-hydrogen) atoms. The summed E-state index contributed by atoms with van der Waals surface area (Å²) in [5.41, 5.74) is 1.54. The van der Waals surface area contributed by atoms with Gasteiger partial charge in [-0.05, 0) is 55.3 Å². The highest BCUT2D eigenvalue weighted by atomic mass is 79.9. The van der Waals surface area contributed by atoms with Crippen LogP contribution in [0.4, 0.5) is 11.4 Å². The summed E-state index contributed by atoms with van der Waals surface area (Å²) >= 11 is 4.89. The zero-order valence-corrected chi connectivity index (χ0v) is 18.0. The second kappa shape index (κ2) is 11.1. The van der Waals surface area contributed by atoms with Gasteiger partial charge in [0.2, 0.25) is 11.8 Å². The van der Waals surface area contributed by atoms with Crippen LogP contribution in [0.3, 0.4) is 0 Å². The Labute approximate surface area is 173 Å². The van der Waals surface area contributed by atoms with E-state index in [2.05, 4.69) is 33.5 Å². The molecule has 0 fully saturated rings. The van der Waals surface area contributed by atoms with Gasteiger partial charge in [-0.15, -0.1) is 11.8 Å². The Morgan fingerprint density at radius 3 is 2.44 bits per heavy atom. The third-order valence-corrected chi connectivity index (χ3v) is 5.82. The number of hydrogen-bond donors (Lipinski definition) is 2. The molecule has 0 radical (unpaired) electrons. The fourth-order valence-corrected chi connectivity index (χ4v) is 3.73. The number of carbonyl (C=O) groups excluding carboxylic acids is 2. The summed E-state index contributed by atoms with van der Waals surface area (Å²) in [5.74, 6) is 0.00114. The maximum absolute atomic E-state index is 12.6. The highest BCUT2D eigenvalue weighted by Crippen LogP contribution is 2.28. The van der Waals surface area contributed by atoms with Crippen molar-refractivity contribution in [1.82, 2.24) is 0 Å². The standard InChI is InChI=1S/C21H25BrN2O2S/c1-3-5-9-20(25)23-17-7-6-8-18(14-17)27-19(4-2)21(26)24-16-12-10-15(22)11-13-16/h6-8,10-14,19H,3-5,9H2,1-2H3,(H,23,25)(H,24,26). The Balaban J connectivity index is 1.98. The molecule has 6 heteroatoms. The number of carbonyl (C=O) groups is 2. The summed E-state index contributed by atoms with van der Waals surface area (Å²) in [4.78, 5) is 25.5. The minimum Gasteiger partial charge on any atom is -0.326 e. The van der Waals surface area contributed by atoms with E-state index in [1.807, 2.05) is 55.5 Å². The van der Waals surface area contributed by atoms with Gasteiger partial charge in [0, 0.05) is 27.2 Å². The first-order chi connectivity index (χ1) is 13.0. The number of unbranched alkanes of at least 4 members (excludes halogenated alkanes) is 1. The van der Waals surface area contributed by atoms with E-state index < -0.39 is 0 Å². The van der Waals surface area contributed by atoms with Crippen molar-refractivity contribution in [3.63, 3.8) is 0 Å². The van der Waals surface area contributed by atoms with Crippen LogP contribution in [0.1, 0.15) is 39.5 Å². The molecule has 2 amide bonds. The lowest BCUT2D eigenvalue weighted by Crippen LogP contribution is -2.24. The van der Waals surface area contributed by atoms with Gasteiger partial charge in [-0.3, -0.25) is 9.59 Å². The van der Waals surface area contributed by atoms with Crippen molar-refractivity contribution in [1.29, 1.82) is 0 Å². The molecular weight excluding hydrogens is 424 g/mol. The molecule has 0 bridgehead atoms. The van der Waals surface area contributed by atoms with E-state index in [9.17, 15) is 9.59 Å². The molecular formula is C21H25BrN2O2S. The van der Waals surface area contributed by atoms with Crippen LogP contribution in [0, 0.1) is 0 Å². The van der Waals surface area contributed by atoms with Gasteiger partial charge >= 0.3 is 0 Å². The number of nitrogens with one attached hydrogen (secondary N) is 2. The normalized spacial score (nSPS) is 11.7. The molecule has 144 valence electrons. The van der Waals surface area contributed by atoms with Gasteiger partial charge in [-0.2, -0.15) is 0 Å².